The molecule has 0 heterocycles. The van der Waals surface area contributed by atoms with Gasteiger partial charge in [0.05, 0.1) is 0 Å². The standard InChI is InChI=1S/C8H18N2/c1-7(2)6(9)4-5-8(7,3)10/h6H,4-5,9-10H2,1-3H3/t6?,8-/m0/s1. The van der Waals surface area contributed by atoms with E-state index >= 15 is 0 Å². The first-order chi connectivity index (χ1) is 4.38. The molecular formula is C8H18N2. The largest absolute Gasteiger partial charge is 0.327 e. The van der Waals surface area contributed by atoms with Gasteiger partial charge in [0, 0.05) is 11.6 Å². The van der Waals surface area contributed by atoms with Crippen LogP contribution >= 0.6 is 0 Å². The third-order valence-corrected chi connectivity index (χ3v) is 3.37. The van der Waals surface area contributed by atoms with Crippen molar-refractivity contribution in [1.82, 2.24) is 0 Å². The zero-order valence-electron chi connectivity index (χ0n) is 7.15. The van der Waals surface area contributed by atoms with Crippen LogP contribution in [0.5, 0.6) is 0 Å². The molecule has 0 saturated heterocycles. The van der Waals surface area contributed by atoms with E-state index < -0.39 is 0 Å². The highest BCUT2D eigenvalue weighted by atomic mass is 14.9. The molecule has 0 aromatic carbocycles. The van der Waals surface area contributed by atoms with Crippen molar-refractivity contribution >= 4 is 0 Å². The van der Waals surface area contributed by atoms with Gasteiger partial charge in [-0.15, -0.1) is 0 Å². The first-order valence-corrected chi connectivity index (χ1v) is 3.92. The lowest BCUT2D eigenvalue weighted by atomic mass is 9.75. The molecule has 0 aromatic rings. The van der Waals surface area contributed by atoms with Gasteiger partial charge in [-0.3, -0.25) is 0 Å². The lowest BCUT2D eigenvalue weighted by Crippen LogP contribution is -2.51. The molecule has 10 heavy (non-hydrogen) atoms. The molecule has 2 heteroatoms. The maximum absolute atomic E-state index is 6.07. The summed E-state index contributed by atoms with van der Waals surface area (Å²) in [5, 5.41) is 0. The first kappa shape index (κ1) is 8.02. The van der Waals surface area contributed by atoms with Gasteiger partial charge < -0.3 is 11.5 Å². The topological polar surface area (TPSA) is 52.0 Å². The van der Waals surface area contributed by atoms with Crippen molar-refractivity contribution in [1.29, 1.82) is 0 Å². The van der Waals surface area contributed by atoms with Gasteiger partial charge in [-0.25, -0.2) is 0 Å². The summed E-state index contributed by atoms with van der Waals surface area (Å²) >= 11 is 0. The molecule has 60 valence electrons. The van der Waals surface area contributed by atoms with Gasteiger partial charge in [0.15, 0.2) is 0 Å². The van der Waals surface area contributed by atoms with Crippen molar-refractivity contribution in [3.8, 4) is 0 Å². The molecule has 0 amide bonds. The molecule has 1 rings (SSSR count). The monoisotopic (exact) mass is 142 g/mol. The summed E-state index contributed by atoms with van der Waals surface area (Å²) in [6.45, 7) is 6.41. The Morgan fingerprint density at radius 1 is 1.30 bits per heavy atom. The van der Waals surface area contributed by atoms with Crippen LogP contribution in [0.3, 0.4) is 0 Å². The molecule has 1 fully saturated rings. The Morgan fingerprint density at radius 3 is 1.90 bits per heavy atom. The third-order valence-electron chi connectivity index (χ3n) is 3.37. The lowest BCUT2D eigenvalue weighted by Gasteiger charge is -2.37. The maximum atomic E-state index is 6.07. The number of hydrogen-bond donors (Lipinski definition) is 2. The average Bonchev–Trinajstić information content (AvgIpc) is 1.94. The van der Waals surface area contributed by atoms with Crippen molar-refractivity contribution in [3.63, 3.8) is 0 Å². The molecule has 2 atom stereocenters. The Labute approximate surface area is 63.0 Å². The van der Waals surface area contributed by atoms with Gasteiger partial charge in [0.25, 0.3) is 0 Å². The van der Waals surface area contributed by atoms with E-state index in [1.54, 1.807) is 0 Å². The summed E-state index contributed by atoms with van der Waals surface area (Å²) in [5.41, 5.74) is 12.0. The van der Waals surface area contributed by atoms with Gasteiger partial charge in [0.2, 0.25) is 0 Å². The molecule has 0 spiro atoms. The zero-order valence-corrected chi connectivity index (χ0v) is 7.15. The SMILES string of the molecule is CC1(C)C(N)CC[C@]1(C)N. The molecule has 1 aliphatic carbocycles. The molecule has 1 aliphatic rings. The van der Waals surface area contributed by atoms with Crippen LogP contribution in [0.1, 0.15) is 33.6 Å². The van der Waals surface area contributed by atoms with Crippen molar-refractivity contribution in [2.24, 2.45) is 16.9 Å². The molecule has 0 bridgehead atoms. The van der Waals surface area contributed by atoms with Crippen LogP contribution in [0.2, 0.25) is 0 Å². The molecule has 0 aromatic heterocycles. The minimum absolute atomic E-state index is 0.0631. The number of rotatable bonds is 0. The molecule has 1 unspecified atom stereocenters. The third kappa shape index (κ3) is 0.867. The van der Waals surface area contributed by atoms with Crippen LogP contribution < -0.4 is 11.5 Å². The normalized spacial score (nSPS) is 45.9. The number of hydrogen-bond acceptors (Lipinski definition) is 2. The van der Waals surface area contributed by atoms with Crippen molar-refractivity contribution < 1.29 is 0 Å². The molecule has 1 saturated carbocycles. The van der Waals surface area contributed by atoms with Crippen molar-refractivity contribution in [3.05, 3.63) is 0 Å². The van der Waals surface area contributed by atoms with E-state index in [2.05, 4.69) is 20.8 Å². The quantitative estimate of drug-likeness (QED) is 0.527. The van der Waals surface area contributed by atoms with E-state index in [1.807, 2.05) is 0 Å². The summed E-state index contributed by atoms with van der Waals surface area (Å²) < 4.78 is 0. The summed E-state index contributed by atoms with van der Waals surface area (Å²) in [5.74, 6) is 0. The second kappa shape index (κ2) is 1.95. The first-order valence-electron chi connectivity index (χ1n) is 3.92. The van der Waals surface area contributed by atoms with Gasteiger partial charge in [-0.2, -0.15) is 0 Å². The fourth-order valence-electron chi connectivity index (χ4n) is 1.56. The van der Waals surface area contributed by atoms with E-state index in [0.29, 0.717) is 0 Å². The van der Waals surface area contributed by atoms with Crippen molar-refractivity contribution in [2.75, 3.05) is 0 Å². The van der Waals surface area contributed by atoms with E-state index in [0.717, 1.165) is 12.8 Å². The van der Waals surface area contributed by atoms with Crippen LogP contribution in [-0.4, -0.2) is 11.6 Å². The smallest absolute Gasteiger partial charge is 0.0192 e. The Balaban J connectivity index is 2.84. The summed E-state index contributed by atoms with van der Waals surface area (Å²) in [7, 11) is 0. The van der Waals surface area contributed by atoms with Crippen LogP contribution in [0.4, 0.5) is 0 Å². The number of nitrogens with two attached hydrogens (primary N) is 2. The minimum Gasteiger partial charge on any atom is -0.327 e. The second-order valence-corrected chi connectivity index (χ2v) is 4.28. The Kier molecular flexibility index (Phi) is 1.57. The molecular weight excluding hydrogens is 124 g/mol. The van der Waals surface area contributed by atoms with Crippen LogP contribution in [0, 0.1) is 5.41 Å². The Hall–Kier alpha value is -0.0800. The van der Waals surface area contributed by atoms with Gasteiger partial charge in [-0.1, -0.05) is 13.8 Å². The second-order valence-electron chi connectivity index (χ2n) is 4.28. The summed E-state index contributed by atoms with van der Waals surface area (Å²) in [6.07, 6.45) is 2.13. The van der Waals surface area contributed by atoms with Crippen molar-refractivity contribution in [2.45, 2.75) is 45.2 Å². The molecule has 0 aliphatic heterocycles. The fraction of sp³-hybridized carbons (Fsp3) is 1.00. The fourth-order valence-corrected chi connectivity index (χ4v) is 1.56. The molecule has 4 N–H and O–H groups in total. The molecule has 2 nitrogen and oxygen atoms in total. The summed E-state index contributed by atoms with van der Waals surface area (Å²) in [6, 6.07) is 0.280. The van der Waals surface area contributed by atoms with Crippen LogP contribution in [0.25, 0.3) is 0 Å². The maximum Gasteiger partial charge on any atom is 0.0192 e. The zero-order chi connectivity index (χ0) is 7.99. The highest BCUT2D eigenvalue weighted by Gasteiger charge is 2.47. The van der Waals surface area contributed by atoms with E-state index in [4.69, 9.17) is 11.5 Å². The van der Waals surface area contributed by atoms with E-state index in [9.17, 15) is 0 Å². The average molecular weight is 142 g/mol. The van der Waals surface area contributed by atoms with E-state index in [1.165, 1.54) is 0 Å². The predicted octanol–water partition coefficient (Wildman–Crippen LogP) is 0.851. The summed E-state index contributed by atoms with van der Waals surface area (Å²) in [4.78, 5) is 0. The molecule has 0 radical (unpaired) electrons. The Bertz CT molecular complexity index is 138. The predicted molar refractivity (Wildman–Crippen MR) is 43.6 cm³/mol. The minimum atomic E-state index is -0.0631. The van der Waals surface area contributed by atoms with Crippen LogP contribution in [0.15, 0.2) is 0 Å². The van der Waals surface area contributed by atoms with Gasteiger partial charge in [0.1, 0.15) is 0 Å². The van der Waals surface area contributed by atoms with Crippen LogP contribution in [-0.2, 0) is 0 Å². The van der Waals surface area contributed by atoms with Gasteiger partial charge in [-0.05, 0) is 25.2 Å². The van der Waals surface area contributed by atoms with E-state index in [-0.39, 0.29) is 17.0 Å². The Morgan fingerprint density at radius 2 is 1.80 bits per heavy atom. The lowest BCUT2D eigenvalue weighted by molar-refractivity contribution is 0.207. The highest BCUT2D eigenvalue weighted by molar-refractivity contribution is 5.06. The highest BCUT2D eigenvalue weighted by Crippen LogP contribution is 2.42. The van der Waals surface area contributed by atoms with Gasteiger partial charge >= 0.3 is 0 Å².